The van der Waals surface area contributed by atoms with Gasteiger partial charge in [-0.2, -0.15) is 4.98 Å². The Balaban J connectivity index is 1.77. The number of nitro benzene ring substituents is 1. The van der Waals surface area contributed by atoms with Crippen LogP contribution in [0.1, 0.15) is 11.1 Å². The summed E-state index contributed by atoms with van der Waals surface area (Å²) in [4.78, 5) is 18.7. The van der Waals surface area contributed by atoms with Crippen LogP contribution in [0.25, 0.3) is 11.3 Å². The molecule has 0 amide bonds. The fourth-order valence-electron chi connectivity index (χ4n) is 3.25. The molecule has 0 aliphatic heterocycles. The van der Waals surface area contributed by atoms with Gasteiger partial charge >= 0.3 is 0 Å². The number of non-ortho nitro benzene ring substituents is 1. The lowest BCUT2D eigenvalue weighted by Crippen LogP contribution is -2.15. The van der Waals surface area contributed by atoms with Crippen molar-refractivity contribution in [3.63, 3.8) is 0 Å². The fraction of sp³-hybridized carbons (Fsp3) is 0.0833. The number of sulfonamides is 1. The molecule has 9 nitrogen and oxygen atoms in total. The SMILES string of the molecule is Cc1ccccc1Oc1cc(-c2ccccc2C)nc(NS(=O)(=O)c2cccc([N+](=O)[O-])c2)n1. The molecule has 0 saturated heterocycles. The Bertz CT molecular complexity index is 1490. The number of nitrogens with zero attached hydrogens (tertiary/aromatic N) is 3. The second-order valence-corrected chi connectivity index (χ2v) is 9.14. The quantitative estimate of drug-likeness (QED) is 0.285. The standard InChI is InChI=1S/C24H20N4O5S/c1-16-8-3-5-12-20(16)21-15-23(33-22-13-6-4-9-17(22)2)26-24(25-21)27-34(31,32)19-11-7-10-18(14-19)28(29)30/h3-15H,1-2H3,(H,25,26,27). The summed E-state index contributed by atoms with van der Waals surface area (Å²) in [7, 11) is -4.21. The third kappa shape index (κ3) is 5.02. The smallest absolute Gasteiger partial charge is 0.270 e. The van der Waals surface area contributed by atoms with E-state index in [-0.39, 0.29) is 22.4 Å². The molecule has 0 atom stereocenters. The first-order valence-corrected chi connectivity index (χ1v) is 11.7. The van der Waals surface area contributed by atoms with E-state index < -0.39 is 14.9 Å². The Hall–Kier alpha value is -4.31. The third-order valence-corrected chi connectivity index (χ3v) is 6.32. The van der Waals surface area contributed by atoms with Crippen molar-refractivity contribution in [1.82, 2.24) is 9.97 Å². The van der Waals surface area contributed by atoms with Crippen LogP contribution >= 0.6 is 0 Å². The van der Waals surface area contributed by atoms with Crippen molar-refractivity contribution >= 4 is 21.7 Å². The Morgan fingerprint density at radius 2 is 1.59 bits per heavy atom. The molecule has 0 unspecified atom stereocenters. The second kappa shape index (κ2) is 9.28. The maximum atomic E-state index is 13.0. The maximum absolute atomic E-state index is 13.0. The highest BCUT2D eigenvalue weighted by Crippen LogP contribution is 2.30. The monoisotopic (exact) mass is 476 g/mol. The molecular formula is C24H20N4O5S. The Morgan fingerprint density at radius 1 is 0.882 bits per heavy atom. The van der Waals surface area contributed by atoms with Gasteiger partial charge in [-0.15, -0.1) is 0 Å². The second-order valence-electron chi connectivity index (χ2n) is 7.46. The lowest BCUT2D eigenvalue weighted by Gasteiger charge is -2.13. The van der Waals surface area contributed by atoms with Gasteiger partial charge in [0.1, 0.15) is 5.75 Å². The van der Waals surface area contributed by atoms with Gasteiger partial charge in [-0.3, -0.25) is 10.1 Å². The Morgan fingerprint density at radius 3 is 2.29 bits per heavy atom. The summed E-state index contributed by atoms with van der Waals surface area (Å²) in [6, 6.07) is 21.2. The number of aryl methyl sites for hydroxylation is 2. The lowest BCUT2D eigenvalue weighted by molar-refractivity contribution is -0.385. The van der Waals surface area contributed by atoms with E-state index in [0.29, 0.717) is 11.4 Å². The molecule has 0 radical (unpaired) electrons. The van der Waals surface area contributed by atoms with Crippen LogP contribution in [0.5, 0.6) is 11.6 Å². The van der Waals surface area contributed by atoms with Crippen LogP contribution in [0.3, 0.4) is 0 Å². The van der Waals surface area contributed by atoms with Gasteiger partial charge in [0.05, 0.1) is 15.5 Å². The molecule has 3 aromatic carbocycles. The molecule has 0 aliphatic carbocycles. The highest BCUT2D eigenvalue weighted by Gasteiger charge is 2.20. The summed E-state index contributed by atoms with van der Waals surface area (Å²) in [5.74, 6) is 0.472. The minimum absolute atomic E-state index is 0.138. The maximum Gasteiger partial charge on any atom is 0.270 e. The minimum atomic E-state index is -4.21. The van der Waals surface area contributed by atoms with Gasteiger partial charge < -0.3 is 4.74 Å². The number of anilines is 1. The van der Waals surface area contributed by atoms with Crippen LogP contribution in [-0.4, -0.2) is 23.3 Å². The summed E-state index contributed by atoms with van der Waals surface area (Å²) in [6.07, 6.45) is 0. The summed E-state index contributed by atoms with van der Waals surface area (Å²) in [6.45, 7) is 3.79. The largest absolute Gasteiger partial charge is 0.439 e. The molecule has 172 valence electrons. The van der Waals surface area contributed by atoms with Crippen molar-refractivity contribution in [2.45, 2.75) is 18.7 Å². The summed E-state index contributed by atoms with van der Waals surface area (Å²) in [5, 5.41) is 11.1. The number of nitrogens with one attached hydrogen (secondary N) is 1. The van der Waals surface area contributed by atoms with Gasteiger partial charge in [0.15, 0.2) is 0 Å². The predicted molar refractivity (Wildman–Crippen MR) is 127 cm³/mol. The lowest BCUT2D eigenvalue weighted by atomic mass is 10.1. The van der Waals surface area contributed by atoms with E-state index in [1.165, 1.54) is 18.2 Å². The van der Waals surface area contributed by atoms with E-state index in [0.717, 1.165) is 22.8 Å². The Labute approximate surface area is 196 Å². The van der Waals surface area contributed by atoms with Crippen molar-refractivity contribution < 1.29 is 18.1 Å². The number of benzene rings is 3. The van der Waals surface area contributed by atoms with Crippen molar-refractivity contribution in [3.8, 4) is 22.9 Å². The van der Waals surface area contributed by atoms with Crippen molar-refractivity contribution in [1.29, 1.82) is 0 Å². The van der Waals surface area contributed by atoms with Gasteiger partial charge in [0.25, 0.3) is 15.7 Å². The summed E-state index contributed by atoms with van der Waals surface area (Å²) < 4.78 is 34.2. The van der Waals surface area contributed by atoms with Crippen LogP contribution in [0.4, 0.5) is 11.6 Å². The number of para-hydroxylation sites is 1. The van der Waals surface area contributed by atoms with E-state index in [1.54, 1.807) is 12.1 Å². The third-order valence-electron chi connectivity index (χ3n) is 5.00. The Kier molecular flexibility index (Phi) is 6.24. The molecule has 4 aromatic rings. The van der Waals surface area contributed by atoms with Gasteiger partial charge in [-0.05, 0) is 37.1 Å². The van der Waals surface area contributed by atoms with Crippen LogP contribution in [0.15, 0.2) is 83.8 Å². The fourth-order valence-corrected chi connectivity index (χ4v) is 4.23. The van der Waals surface area contributed by atoms with Crippen molar-refractivity contribution in [2.24, 2.45) is 0 Å². The number of hydrogen-bond donors (Lipinski definition) is 1. The van der Waals surface area contributed by atoms with Crippen LogP contribution < -0.4 is 9.46 Å². The summed E-state index contributed by atoms with van der Waals surface area (Å²) >= 11 is 0. The molecule has 1 aromatic heterocycles. The van der Waals surface area contributed by atoms with E-state index in [2.05, 4.69) is 14.7 Å². The molecule has 34 heavy (non-hydrogen) atoms. The van der Waals surface area contributed by atoms with Crippen LogP contribution in [-0.2, 0) is 10.0 Å². The molecule has 10 heteroatoms. The van der Waals surface area contributed by atoms with E-state index in [1.807, 2.05) is 56.3 Å². The predicted octanol–water partition coefficient (Wildman–Crippen LogP) is 5.26. The zero-order valence-corrected chi connectivity index (χ0v) is 19.1. The highest BCUT2D eigenvalue weighted by atomic mass is 32.2. The van der Waals surface area contributed by atoms with Gasteiger partial charge in [0.2, 0.25) is 11.8 Å². The number of aromatic nitrogens is 2. The molecule has 4 rings (SSSR count). The number of rotatable bonds is 7. The van der Waals surface area contributed by atoms with Gasteiger partial charge in [-0.1, -0.05) is 48.5 Å². The van der Waals surface area contributed by atoms with Crippen LogP contribution in [0.2, 0.25) is 0 Å². The average Bonchev–Trinajstić information content (AvgIpc) is 2.80. The zero-order chi connectivity index (χ0) is 24.3. The summed E-state index contributed by atoms with van der Waals surface area (Å²) in [5.41, 5.74) is 2.68. The average molecular weight is 477 g/mol. The first-order valence-electron chi connectivity index (χ1n) is 10.2. The molecule has 0 saturated carbocycles. The normalized spacial score (nSPS) is 11.1. The van der Waals surface area contributed by atoms with Gasteiger partial charge in [0, 0.05) is 23.8 Å². The minimum Gasteiger partial charge on any atom is -0.439 e. The van der Waals surface area contributed by atoms with E-state index >= 15 is 0 Å². The molecule has 1 N–H and O–H groups in total. The molecule has 1 heterocycles. The zero-order valence-electron chi connectivity index (χ0n) is 18.3. The van der Waals surface area contributed by atoms with E-state index in [9.17, 15) is 18.5 Å². The van der Waals surface area contributed by atoms with Crippen LogP contribution in [0, 0.1) is 24.0 Å². The highest BCUT2D eigenvalue weighted by molar-refractivity contribution is 7.92. The molecular weight excluding hydrogens is 456 g/mol. The van der Waals surface area contributed by atoms with Gasteiger partial charge in [-0.25, -0.2) is 18.1 Å². The first-order chi connectivity index (χ1) is 16.2. The number of hydrogen-bond acceptors (Lipinski definition) is 7. The molecule has 0 bridgehead atoms. The van der Waals surface area contributed by atoms with Crippen molar-refractivity contribution in [3.05, 3.63) is 100 Å². The topological polar surface area (TPSA) is 124 Å². The number of nitro groups is 1. The van der Waals surface area contributed by atoms with E-state index in [4.69, 9.17) is 4.74 Å². The molecule has 0 spiro atoms. The number of ether oxygens (including phenoxy) is 1. The molecule has 0 fully saturated rings. The molecule has 0 aliphatic rings. The van der Waals surface area contributed by atoms with Crippen molar-refractivity contribution in [2.75, 3.05) is 4.72 Å². The first kappa shape index (κ1) is 22.9.